The van der Waals surface area contributed by atoms with Crippen LogP contribution >= 0.6 is 15.9 Å². The lowest BCUT2D eigenvalue weighted by Gasteiger charge is -2.06. The van der Waals surface area contributed by atoms with Crippen LogP contribution in [0.15, 0.2) is 35.1 Å². The second kappa shape index (κ2) is 5.09. The van der Waals surface area contributed by atoms with Crippen molar-refractivity contribution in [1.29, 1.82) is 0 Å². The third kappa shape index (κ3) is 2.80. The van der Waals surface area contributed by atoms with Crippen LogP contribution in [0, 0.1) is 5.82 Å². The summed E-state index contributed by atoms with van der Waals surface area (Å²) in [6.45, 7) is 0. The van der Waals surface area contributed by atoms with Gasteiger partial charge >= 0.3 is 0 Å². The molecule has 1 heterocycles. The van der Waals surface area contributed by atoms with E-state index in [1.807, 2.05) is 0 Å². The van der Waals surface area contributed by atoms with Crippen molar-refractivity contribution in [3.63, 3.8) is 0 Å². The monoisotopic (exact) mass is 310 g/mol. The average molecular weight is 311 g/mol. The van der Waals surface area contributed by atoms with E-state index in [4.69, 9.17) is 5.73 Å². The molecule has 0 bridgehead atoms. The van der Waals surface area contributed by atoms with Gasteiger partial charge in [-0.1, -0.05) is 6.07 Å². The van der Waals surface area contributed by atoms with Gasteiger partial charge in [0.25, 0.3) is 5.91 Å². The largest absolute Gasteiger partial charge is 0.382 e. The van der Waals surface area contributed by atoms with Crippen LogP contribution < -0.4 is 11.1 Å². The lowest BCUT2D eigenvalue weighted by molar-refractivity contribution is 0.102. The van der Waals surface area contributed by atoms with Crippen molar-refractivity contribution in [1.82, 2.24) is 9.97 Å². The topological polar surface area (TPSA) is 80.9 Å². The summed E-state index contributed by atoms with van der Waals surface area (Å²) in [7, 11) is 0. The first-order chi connectivity index (χ1) is 8.56. The number of hydrogen-bond acceptors (Lipinski definition) is 4. The standard InChI is InChI=1S/C11H8BrFN4O/c12-8-5-15-10(14)9(17-8)11(18)16-7-3-1-2-6(13)4-7/h1-5H,(H2,14,15)(H,16,18). The smallest absolute Gasteiger partial charge is 0.278 e. The van der Waals surface area contributed by atoms with Crippen molar-refractivity contribution >= 4 is 33.3 Å². The van der Waals surface area contributed by atoms with Crippen molar-refractivity contribution < 1.29 is 9.18 Å². The Morgan fingerprint density at radius 2 is 2.22 bits per heavy atom. The van der Waals surface area contributed by atoms with E-state index in [9.17, 15) is 9.18 Å². The van der Waals surface area contributed by atoms with E-state index in [2.05, 4.69) is 31.2 Å². The zero-order valence-corrected chi connectivity index (χ0v) is 10.6. The molecule has 0 aliphatic rings. The number of nitrogens with two attached hydrogens (primary N) is 1. The van der Waals surface area contributed by atoms with E-state index in [1.54, 1.807) is 6.07 Å². The SMILES string of the molecule is Nc1ncc(Br)nc1C(=O)Nc1cccc(F)c1. The fourth-order valence-corrected chi connectivity index (χ4v) is 1.58. The molecule has 0 unspecified atom stereocenters. The highest BCUT2D eigenvalue weighted by molar-refractivity contribution is 9.10. The van der Waals surface area contributed by atoms with Crippen molar-refractivity contribution in [3.8, 4) is 0 Å². The van der Waals surface area contributed by atoms with Crippen LogP contribution in [-0.4, -0.2) is 15.9 Å². The minimum Gasteiger partial charge on any atom is -0.382 e. The molecule has 92 valence electrons. The molecular formula is C11H8BrFN4O. The third-order valence-corrected chi connectivity index (χ3v) is 2.45. The highest BCUT2D eigenvalue weighted by Gasteiger charge is 2.13. The molecule has 0 saturated heterocycles. The number of hydrogen-bond donors (Lipinski definition) is 2. The number of nitrogens with one attached hydrogen (secondary N) is 1. The van der Waals surface area contributed by atoms with E-state index in [0.717, 1.165) is 0 Å². The molecule has 0 spiro atoms. The van der Waals surface area contributed by atoms with Crippen molar-refractivity contribution in [2.75, 3.05) is 11.1 Å². The van der Waals surface area contributed by atoms with Crippen LogP contribution in [0.3, 0.4) is 0 Å². The number of halogens is 2. The molecule has 1 aromatic carbocycles. The van der Waals surface area contributed by atoms with Crippen LogP contribution in [0.2, 0.25) is 0 Å². The van der Waals surface area contributed by atoms with Crippen molar-refractivity contribution in [2.45, 2.75) is 0 Å². The molecule has 5 nitrogen and oxygen atoms in total. The van der Waals surface area contributed by atoms with E-state index in [-0.39, 0.29) is 11.5 Å². The molecule has 2 aromatic rings. The number of carbonyl (C=O) groups excluding carboxylic acids is 1. The first kappa shape index (κ1) is 12.4. The Labute approximate surface area is 110 Å². The summed E-state index contributed by atoms with van der Waals surface area (Å²) in [4.78, 5) is 19.6. The number of rotatable bonds is 2. The Kier molecular flexibility index (Phi) is 3.52. The molecule has 7 heteroatoms. The maximum Gasteiger partial charge on any atom is 0.278 e. The first-order valence-corrected chi connectivity index (χ1v) is 5.70. The summed E-state index contributed by atoms with van der Waals surface area (Å²) in [5.41, 5.74) is 5.85. The number of nitrogens with zero attached hydrogens (tertiary/aromatic N) is 2. The quantitative estimate of drug-likeness (QED) is 0.891. The maximum absolute atomic E-state index is 13.0. The van der Waals surface area contributed by atoms with E-state index < -0.39 is 11.7 Å². The van der Waals surface area contributed by atoms with Gasteiger partial charge in [-0.3, -0.25) is 4.79 Å². The summed E-state index contributed by atoms with van der Waals surface area (Å²) in [5.74, 6) is -0.986. The summed E-state index contributed by atoms with van der Waals surface area (Å²) in [5, 5.41) is 2.48. The Morgan fingerprint density at radius 1 is 1.44 bits per heavy atom. The van der Waals surface area contributed by atoms with Gasteiger partial charge in [-0.2, -0.15) is 0 Å². The molecule has 0 radical (unpaired) electrons. The molecule has 0 saturated carbocycles. The number of benzene rings is 1. The summed E-state index contributed by atoms with van der Waals surface area (Å²) >= 11 is 3.09. The number of aromatic nitrogens is 2. The number of nitrogen functional groups attached to an aromatic ring is 1. The van der Waals surface area contributed by atoms with Gasteiger partial charge in [-0.15, -0.1) is 0 Å². The second-order valence-electron chi connectivity index (χ2n) is 3.39. The van der Waals surface area contributed by atoms with E-state index in [0.29, 0.717) is 10.3 Å². The maximum atomic E-state index is 13.0. The Balaban J connectivity index is 2.24. The van der Waals surface area contributed by atoms with Crippen LogP contribution in [0.5, 0.6) is 0 Å². The Morgan fingerprint density at radius 3 is 2.94 bits per heavy atom. The van der Waals surface area contributed by atoms with Crippen LogP contribution in [0.1, 0.15) is 10.5 Å². The van der Waals surface area contributed by atoms with Gasteiger partial charge in [0.1, 0.15) is 10.4 Å². The second-order valence-corrected chi connectivity index (χ2v) is 4.20. The first-order valence-electron chi connectivity index (χ1n) is 4.91. The molecule has 1 amide bonds. The molecule has 2 rings (SSSR count). The van der Waals surface area contributed by atoms with Gasteiger partial charge in [-0.25, -0.2) is 14.4 Å². The van der Waals surface area contributed by atoms with Gasteiger partial charge in [0, 0.05) is 5.69 Å². The minimum absolute atomic E-state index is 0.00658. The molecule has 18 heavy (non-hydrogen) atoms. The number of carbonyl (C=O) groups is 1. The molecule has 0 aliphatic carbocycles. The zero-order valence-electron chi connectivity index (χ0n) is 9.02. The number of amides is 1. The molecular weight excluding hydrogens is 303 g/mol. The van der Waals surface area contributed by atoms with Crippen molar-refractivity contribution in [2.24, 2.45) is 0 Å². The summed E-state index contributed by atoms with van der Waals surface area (Å²) in [6.07, 6.45) is 1.38. The summed E-state index contributed by atoms with van der Waals surface area (Å²) in [6, 6.07) is 5.52. The van der Waals surface area contributed by atoms with E-state index in [1.165, 1.54) is 24.4 Å². The molecule has 3 N–H and O–H groups in total. The lowest BCUT2D eigenvalue weighted by Crippen LogP contribution is -2.17. The van der Waals surface area contributed by atoms with Crippen LogP contribution in [0.4, 0.5) is 15.9 Å². The fourth-order valence-electron chi connectivity index (χ4n) is 1.30. The minimum atomic E-state index is -0.549. The third-order valence-electron chi connectivity index (χ3n) is 2.07. The van der Waals surface area contributed by atoms with Crippen LogP contribution in [0.25, 0.3) is 0 Å². The van der Waals surface area contributed by atoms with Gasteiger partial charge in [0.05, 0.1) is 6.20 Å². The highest BCUT2D eigenvalue weighted by atomic mass is 79.9. The van der Waals surface area contributed by atoms with Crippen molar-refractivity contribution in [3.05, 3.63) is 46.6 Å². The summed E-state index contributed by atoms with van der Waals surface area (Å²) < 4.78 is 13.3. The van der Waals surface area contributed by atoms with Gasteiger partial charge in [0.15, 0.2) is 11.5 Å². The molecule has 1 aromatic heterocycles. The predicted octanol–water partition coefficient (Wildman–Crippen LogP) is 2.21. The highest BCUT2D eigenvalue weighted by Crippen LogP contribution is 2.14. The van der Waals surface area contributed by atoms with Gasteiger partial charge in [0.2, 0.25) is 0 Å². The van der Waals surface area contributed by atoms with Gasteiger partial charge in [-0.05, 0) is 34.1 Å². The molecule has 0 aliphatic heterocycles. The predicted molar refractivity (Wildman–Crippen MR) is 68.5 cm³/mol. The zero-order chi connectivity index (χ0) is 13.1. The number of anilines is 2. The Bertz CT molecular complexity index is 605. The Hall–Kier alpha value is -2.02. The van der Waals surface area contributed by atoms with Gasteiger partial charge < -0.3 is 11.1 Å². The fraction of sp³-hybridized carbons (Fsp3) is 0. The van der Waals surface area contributed by atoms with E-state index >= 15 is 0 Å². The average Bonchev–Trinajstić information content (AvgIpc) is 2.32. The molecule has 0 fully saturated rings. The lowest BCUT2D eigenvalue weighted by atomic mass is 10.3. The van der Waals surface area contributed by atoms with Crippen LogP contribution in [-0.2, 0) is 0 Å². The molecule has 0 atom stereocenters. The normalized spacial score (nSPS) is 10.1.